The molecule has 0 fully saturated rings. The number of fused-ring (bicyclic) bond motifs is 1. The van der Waals surface area contributed by atoms with Gasteiger partial charge in [0.15, 0.2) is 0 Å². The molecule has 0 radical (unpaired) electrons. The molecule has 0 saturated carbocycles. The summed E-state index contributed by atoms with van der Waals surface area (Å²) in [6.45, 7) is 1.80. The number of rotatable bonds is 5. The maximum atomic E-state index is 12.2. The molecule has 0 spiro atoms. The molecule has 1 aliphatic rings. The van der Waals surface area contributed by atoms with E-state index in [-0.39, 0.29) is 12.5 Å². The number of carbonyl (C=O) groups excluding carboxylic acids is 2. The summed E-state index contributed by atoms with van der Waals surface area (Å²) in [7, 11) is 0. The lowest BCUT2D eigenvalue weighted by Crippen LogP contribution is -2.41. The molecule has 25 heavy (non-hydrogen) atoms. The number of benzene rings is 2. The Bertz CT molecular complexity index is 759. The van der Waals surface area contributed by atoms with Gasteiger partial charge in [-0.2, -0.15) is 0 Å². The van der Waals surface area contributed by atoms with Crippen molar-refractivity contribution in [2.75, 3.05) is 5.32 Å². The second-order valence-corrected chi connectivity index (χ2v) is 6.25. The zero-order chi connectivity index (χ0) is 17.6. The summed E-state index contributed by atoms with van der Waals surface area (Å²) in [4.78, 5) is 24.1. The van der Waals surface area contributed by atoms with Crippen LogP contribution < -0.4 is 10.6 Å². The molecule has 2 N–H and O–H groups in total. The molecule has 130 valence electrons. The van der Waals surface area contributed by atoms with E-state index in [1.807, 2.05) is 42.5 Å². The van der Waals surface area contributed by atoms with E-state index in [2.05, 4.69) is 16.7 Å². The largest absolute Gasteiger partial charge is 0.445 e. The molecular formula is C20H22N2O3. The van der Waals surface area contributed by atoms with Gasteiger partial charge in [0.05, 0.1) is 0 Å². The Kier molecular flexibility index (Phi) is 5.33. The normalized spacial score (nSPS) is 13.6. The Morgan fingerprint density at radius 3 is 2.64 bits per heavy atom. The minimum atomic E-state index is -0.684. The number of aryl methyl sites for hydroxylation is 2. The molecular weight excluding hydrogens is 316 g/mol. The summed E-state index contributed by atoms with van der Waals surface area (Å²) in [6.07, 6.45) is 2.71. The van der Waals surface area contributed by atoms with Gasteiger partial charge in [-0.15, -0.1) is 0 Å². The fourth-order valence-electron chi connectivity index (χ4n) is 2.91. The number of ether oxygens (including phenoxy) is 1. The zero-order valence-electron chi connectivity index (χ0n) is 14.2. The van der Waals surface area contributed by atoms with Crippen molar-refractivity contribution in [1.29, 1.82) is 0 Å². The number of amides is 2. The first-order valence-corrected chi connectivity index (χ1v) is 8.52. The third-order valence-corrected chi connectivity index (χ3v) is 4.31. The quantitative estimate of drug-likeness (QED) is 0.878. The number of alkyl carbamates (subject to hydrolysis) is 1. The predicted octanol–water partition coefficient (Wildman–Crippen LogP) is 3.43. The van der Waals surface area contributed by atoms with Crippen LogP contribution in [0.1, 0.15) is 30.0 Å². The van der Waals surface area contributed by atoms with Crippen molar-refractivity contribution in [3.8, 4) is 0 Å². The molecule has 2 amide bonds. The van der Waals surface area contributed by atoms with E-state index in [0.717, 1.165) is 30.5 Å². The van der Waals surface area contributed by atoms with Gasteiger partial charge in [0.25, 0.3) is 0 Å². The molecule has 0 aromatic heterocycles. The third kappa shape index (κ3) is 4.59. The van der Waals surface area contributed by atoms with E-state index in [1.54, 1.807) is 6.92 Å². The van der Waals surface area contributed by atoms with Gasteiger partial charge in [0.2, 0.25) is 5.91 Å². The van der Waals surface area contributed by atoms with Crippen LogP contribution in [0.25, 0.3) is 0 Å². The van der Waals surface area contributed by atoms with Gasteiger partial charge in [-0.25, -0.2) is 4.79 Å². The van der Waals surface area contributed by atoms with Crippen LogP contribution in [0.3, 0.4) is 0 Å². The van der Waals surface area contributed by atoms with E-state index >= 15 is 0 Å². The first-order valence-electron chi connectivity index (χ1n) is 8.52. The van der Waals surface area contributed by atoms with Crippen LogP contribution in [-0.2, 0) is 29.0 Å². The highest BCUT2D eigenvalue weighted by atomic mass is 16.5. The monoisotopic (exact) mass is 338 g/mol. The molecule has 2 aromatic rings. The van der Waals surface area contributed by atoms with Crippen molar-refractivity contribution in [3.05, 3.63) is 65.2 Å². The van der Waals surface area contributed by atoms with Crippen molar-refractivity contribution < 1.29 is 14.3 Å². The van der Waals surface area contributed by atoms with Crippen molar-refractivity contribution in [2.45, 2.75) is 38.8 Å². The molecule has 0 heterocycles. The summed E-state index contributed by atoms with van der Waals surface area (Å²) in [5.41, 5.74) is 4.30. The fraction of sp³-hybridized carbons (Fsp3) is 0.300. The Labute approximate surface area is 147 Å². The summed E-state index contributed by atoms with van der Waals surface area (Å²) < 4.78 is 5.13. The topological polar surface area (TPSA) is 67.4 Å². The van der Waals surface area contributed by atoms with Crippen LogP contribution in [0.15, 0.2) is 48.5 Å². The molecule has 0 unspecified atom stereocenters. The maximum Gasteiger partial charge on any atom is 0.408 e. The molecule has 1 aliphatic carbocycles. The Morgan fingerprint density at radius 2 is 1.84 bits per heavy atom. The Hall–Kier alpha value is -2.82. The number of carbonyl (C=O) groups is 2. The zero-order valence-corrected chi connectivity index (χ0v) is 14.2. The van der Waals surface area contributed by atoms with Gasteiger partial charge in [-0.1, -0.05) is 36.4 Å². The average Bonchev–Trinajstić information content (AvgIpc) is 3.08. The van der Waals surface area contributed by atoms with Crippen LogP contribution >= 0.6 is 0 Å². The standard InChI is InChI=1S/C20H22N2O3/c1-14(21-20(24)25-13-15-6-3-2-4-7-15)19(23)22-18-11-10-16-8-5-9-17(16)12-18/h2-4,6-7,10-12,14H,5,8-9,13H2,1H3,(H,21,24)(H,22,23)/t14-/m0/s1. The Balaban J connectivity index is 1.48. The summed E-state index contributed by atoms with van der Waals surface area (Å²) in [6, 6.07) is 14.7. The lowest BCUT2D eigenvalue weighted by atomic mass is 10.1. The van der Waals surface area contributed by atoms with Crippen LogP contribution in [0.4, 0.5) is 10.5 Å². The van der Waals surface area contributed by atoms with E-state index in [4.69, 9.17) is 4.74 Å². The lowest BCUT2D eigenvalue weighted by molar-refractivity contribution is -0.117. The molecule has 5 heteroatoms. The van der Waals surface area contributed by atoms with Crippen molar-refractivity contribution in [3.63, 3.8) is 0 Å². The maximum absolute atomic E-state index is 12.2. The molecule has 3 rings (SSSR count). The molecule has 2 aromatic carbocycles. The first-order chi connectivity index (χ1) is 12.1. The highest BCUT2D eigenvalue weighted by molar-refractivity contribution is 5.96. The van der Waals surface area contributed by atoms with Gasteiger partial charge in [0, 0.05) is 5.69 Å². The van der Waals surface area contributed by atoms with Gasteiger partial charge >= 0.3 is 6.09 Å². The highest BCUT2D eigenvalue weighted by Gasteiger charge is 2.18. The van der Waals surface area contributed by atoms with Crippen molar-refractivity contribution >= 4 is 17.7 Å². The Morgan fingerprint density at radius 1 is 1.08 bits per heavy atom. The number of nitrogens with one attached hydrogen (secondary N) is 2. The second kappa shape index (κ2) is 7.83. The minimum Gasteiger partial charge on any atom is -0.445 e. The van der Waals surface area contributed by atoms with Crippen LogP contribution in [0.5, 0.6) is 0 Å². The van der Waals surface area contributed by atoms with Crippen molar-refractivity contribution in [2.24, 2.45) is 0 Å². The number of anilines is 1. The molecule has 1 atom stereocenters. The van der Waals surface area contributed by atoms with Crippen LogP contribution in [0, 0.1) is 0 Å². The average molecular weight is 338 g/mol. The van der Waals surface area contributed by atoms with E-state index in [0.29, 0.717) is 0 Å². The van der Waals surface area contributed by atoms with Gasteiger partial charge < -0.3 is 15.4 Å². The predicted molar refractivity (Wildman–Crippen MR) is 96.3 cm³/mol. The first kappa shape index (κ1) is 17.0. The third-order valence-electron chi connectivity index (χ3n) is 4.31. The molecule has 0 bridgehead atoms. The van der Waals surface area contributed by atoms with Crippen molar-refractivity contribution in [1.82, 2.24) is 5.32 Å². The fourth-order valence-corrected chi connectivity index (χ4v) is 2.91. The summed E-state index contributed by atoms with van der Waals surface area (Å²) >= 11 is 0. The van der Waals surface area contributed by atoms with E-state index < -0.39 is 12.1 Å². The number of hydrogen-bond acceptors (Lipinski definition) is 3. The van der Waals surface area contributed by atoms with Gasteiger partial charge in [-0.3, -0.25) is 4.79 Å². The summed E-state index contributed by atoms with van der Waals surface area (Å²) in [5.74, 6) is -0.269. The molecule has 0 saturated heterocycles. The van der Waals surface area contributed by atoms with Gasteiger partial charge in [-0.05, 0) is 55.0 Å². The number of hydrogen-bond donors (Lipinski definition) is 2. The second-order valence-electron chi connectivity index (χ2n) is 6.25. The summed E-state index contributed by atoms with van der Waals surface area (Å²) in [5, 5.41) is 5.39. The van der Waals surface area contributed by atoms with Crippen LogP contribution in [0.2, 0.25) is 0 Å². The molecule has 5 nitrogen and oxygen atoms in total. The van der Waals surface area contributed by atoms with E-state index in [9.17, 15) is 9.59 Å². The molecule has 0 aliphatic heterocycles. The highest BCUT2D eigenvalue weighted by Crippen LogP contribution is 2.24. The smallest absolute Gasteiger partial charge is 0.408 e. The van der Waals surface area contributed by atoms with Gasteiger partial charge in [0.1, 0.15) is 12.6 Å². The van der Waals surface area contributed by atoms with Crippen LogP contribution in [-0.4, -0.2) is 18.0 Å². The van der Waals surface area contributed by atoms with E-state index in [1.165, 1.54) is 11.1 Å². The lowest BCUT2D eigenvalue weighted by Gasteiger charge is -2.15. The minimum absolute atomic E-state index is 0.172. The SMILES string of the molecule is C[C@H](NC(=O)OCc1ccccc1)C(=O)Nc1ccc2c(c1)CCC2.